The number of alkyl halides is 3. The highest BCUT2D eigenvalue weighted by Crippen LogP contribution is 2.52. The number of hydrogen-bond donors (Lipinski definition) is 2. The van der Waals surface area contributed by atoms with Gasteiger partial charge >= 0.3 is 25.4 Å². The Balaban J connectivity index is 2.81. The van der Waals surface area contributed by atoms with Crippen LogP contribution in [0.15, 0.2) is 24.3 Å². The van der Waals surface area contributed by atoms with Crippen LogP contribution in [0.25, 0.3) is 10.9 Å². The molecular formula is C18H22F3N2O6P. The van der Waals surface area contributed by atoms with Crippen LogP contribution >= 0.6 is 7.60 Å². The molecule has 1 amide bonds. The minimum absolute atomic E-state index is 0.0284. The molecule has 12 heteroatoms. The second-order valence-electron chi connectivity index (χ2n) is 6.17. The molecule has 2 rings (SSSR count). The van der Waals surface area contributed by atoms with Crippen molar-refractivity contribution in [3.63, 3.8) is 0 Å². The van der Waals surface area contributed by atoms with Crippen LogP contribution < -0.4 is 5.32 Å². The zero-order valence-electron chi connectivity index (χ0n) is 16.8. The summed E-state index contributed by atoms with van der Waals surface area (Å²) in [6, 6.07) is 5.93. The van der Waals surface area contributed by atoms with Crippen molar-refractivity contribution < 1.29 is 41.1 Å². The highest BCUT2D eigenvalue weighted by molar-refractivity contribution is 7.71. The topological polar surface area (TPSA) is 107 Å². The van der Waals surface area contributed by atoms with Gasteiger partial charge in [0, 0.05) is 22.2 Å². The van der Waals surface area contributed by atoms with Gasteiger partial charge in [0.15, 0.2) is 0 Å². The van der Waals surface area contributed by atoms with Crippen LogP contribution in [0.4, 0.5) is 18.0 Å². The fraction of sp³-hybridized carbons (Fsp3) is 0.444. The first kappa shape index (κ1) is 23.9. The fourth-order valence-electron chi connectivity index (χ4n) is 3.18. The molecule has 0 aliphatic heterocycles. The molecule has 1 aromatic heterocycles. The molecule has 2 aromatic rings. The monoisotopic (exact) mass is 450 g/mol. The van der Waals surface area contributed by atoms with Gasteiger partial charge in [0.1, 0.15) is 0 Å². The number of fused-ring (bicyclic) bond motifs is 1. The summed E-state index contributed by atoms with van der Waals surface area (Å²) in [6.07, 6.45) is -5.37. The number of benzene rings is 1. The number of hydrogen-bond acceptors (Lipinski definition) is 6. The van der Waals surface area contributed by atoms with Gasteiger partial charge in [-0.25, -0.2) is 9.36 Å². The minimum Gasteiger partial charge on any atom is -0.467 e. The van der Waals surface area contributed by atoms with Crippen molar-refractivity contribution in [1.82, 2.24) is 10.3 Å². The summed E-state index contributed by atoms with van der Waals surface area (Å²) >= 11 is 0. The summed E-state index contributed by atoms with van der Waals surface area (Å²) in [4.78, 5) is 28.1. The number of carbonyl (C=O) groups is 2. The number of esters is 1. The van der Waals surface area contributed by atoms with Gasteiger partial charge in [-0.05, 0) is 26.8 Å². The van der Waals surface area contributed by atoms with Gasteiger partial charge in [-0.15, -0.1) is 0 Å². The van der Waals surface area contributed by atoms with Gasteiger partial charge in [0.2, 0.25) is 0 Å². The Bertz CT molecular complexity index is 980. The lowest BCUT2D eigenvalue weighted by Crippen LogP contribution is -2.61. The van der Waals surface area contributed by atoms with Crippen molar-refractivity contribution in [2.24, 2.45) is 0 Å². The summed E-state index contributed by atoms with van der Waals surface area (Å²) in [5.41, 5.74) is -5.69. The molecule has 30 heavy (non-hydrogen) atoms. The number of H-pyrrole nitrogens is 1. The van der Waals surface area contributed by atoms with Gasteiger partial charge in [0.25, 0.3) is 5.54 Å². The fourth-order valence-corrected chi connectivity index (χ4v) is 4.47. The third-order valence-corrected chi connectivity index (χ3v) is 6.13. The van der Waals surface area contributed by atoms with Crippen molar-refractivity contribution in [3.8, 4) is 0 Å². The van der Waals surface area contributed by atoms with Crippen LogP contribution in [0.2, 0.25) is 0 Å². The van der Waals surface area contributed by atoms with Crippen molar-refractivity contribution in [2.45, 2.75) is 32.5 Å². The molecule has 0 bridgehead atoms. The predicted octanol–water partition coefficient (Wildman–Crippen LogP) is 4.38. The number of halogens is 3. The first-order valence-corrected chi connectivity index (χ1v) is 10.5. The molecule has 0 aliphatic carbocycles. The van der Waals surface area contributed by atoms with E-state index in [1.54, 1.807) is 11.4 Å². The average molecular weight is 450 g/mol. The molecule has 2 N–H and O–H groups in total. The van der Waals surface area contributed by atoms with E-state index in [-0.39, 0.29) is 24.3 Å². The zero-order chi connectivity index (χ0) is 22.7. The van der Waals surface area contributed by atoms with Gasteiger partial charge in [0.05, 0.1) is 20.3 Å². The number of aromatic nitrogens is 1. The van der Waals surface area contributed by atoms with Crippen LogP contribution in [0, 0.1) is 6.92 Å². The number of para-hydroxylation sites is 1. The Morgan fingerprint density at radius 2 is 1.70 bits per heavy atom. The molecule has 0 saturated heterocycles. The third-order valence-electron chi connectivity index (χ3n) is 4.33. The van der Waals surface area contributed by atoms with Gasteiger partial charge in [-0.1, -0.05) is 18.2 Å². The second kappa shape index (κ2) is 8.79. The van der Waals surface area contributed by atoms with Crippen LogP contribution in [0.1, 0.15) is 25.1 Å². The maximum absolute atomic E-state index is 14.5. The van der Waals surface area contributed by atoms with E-state index in [2.05, 4.69) is 9.72 Å². The number of nitrogens with one attached hydrogen (secondary N) is 2. The Kier molecular flexibility index (Phi) is 7.01. The molecule has 0 spiro atoms. The Labute approximate surface area is 170 Å². The number of aryl methyl sites for hydroxylation is 1. The number of amides is 1. The van der Waals surface area contributed by atoms with Crippen molar-refractivity contribution >= 4 is 30.1 Å². The van der Waals surface area contributed by atoms with Gasteiger partial charge in [-0.3, -0.25) is 4.79 Å². The maximum atomic E-state index is 14.5. The average Bonchev–Trinajstić information content (AvgIpc) is 3.00. The predicted molar refractivity (Wildman–Crippen MR) is 102 cm³/mol. The van der Waals surface area contributed by atoms with E-state index in [0.717, 1.165) is 7.11 Å². The lowest BCUT2D eigenvalue weighted by Gasteiger charge is -2.35. The number of methoxy groups -OCH3 is 1. The largest absolute Gasteiger partial charge is 0.467 e. The minimum atomic E-state index is -5.37. The standard InChI is InChI=1S/C18H22F3N2O6P/c1-5-28-30(26,29-6-2)16(25)23-17(15(24)27-4,18(19,20)21)14-11(3)22-13-10-8-7-9-12(13)14/h7-10,22H,5-6H2,1-4H3,(H,23,25). The summed E-state index contributed by atoms with van der Waals surface area (Å²) < 4.78 is 70.4. The smallest absolute Gasteiger partial charge is 0.426 e. The summed E-state index contributed by atoms with van der Waals surface area (Å²) in [5, 5.41) is 1.62. The second-order valence-corrected chi connectivity index (χ2v) is 8.09. The van der Waals surface area contributed by atoms with Crippen molar-refractivity contribution in [1.29, 1.82) is 0 Å². The van der Waals surface area contributed by atoms with Crippen LogP contribution in [-0.2, 0) is 28.7 Å². The maximum Gasteiger partial charge on any atom is 0.426 e. The van der Waals surface area contributed by atoms with Crippen molar-refractivity contribution in [2.75, 3.05) is 20.3 Å². The molecular weight excluding hydrogens is 428 g/mol. The number of ether oxygens (including phenoxy) is 1. The molecule has 1 atom stereocenters. The highest BCUT2D eigenvalue weighted by Gasteiger charge is 2.66. The molecule has 0 aliphatic rings. The van der Waals surface area contributed by atoms with E-state index in [1.165, 1.54) is 39.0 Å². The van der Waals surface area contributed by atoms with E-state index in [9.17, 15) is 27.3 Å². The Hall–Kier alpha value is -2.36. The Morgan fingerprint density at radius 3 is 2.20 bits per heavy atom. The van der Waals surface area contributed by atoms with E-state index in [1.807, 2.05) is 0 Å². The molecule has 166 valence electrons. The van der Waals surface area contributed by atoms with Crippen LogP contribution in [-0.4, -0.2) is 43.1 Å². The lowest BCUT2D eigenvalue weighted by atomic mass is 9.86. The quantitative estimate of drug-likeness (QED) is 0.457. The zero-order valence-corrected chi connectivity index (χ0v) is 17.6. The van der Waals surface area contributed by atoms with Crippen molar-refractivity contribution in [3.05, 3.63) is 35.5 Å². The highest BCUT2D eigenvalue weighted by atomic mass is 31.2. The molecule has 0 saturated carbocycles. The molecule has 1 heterocycles. The number of rotatable bonds is 8. The van der Waals surface area contributed by atoms with E-state index in [0.29, 0.717) is 5.52 Å². The SMILES string of the molecule is CCOP(=O)(OCC)C(=O)NC(C(=O)OC)(c1c(C)[nH]c2ccccc12)C(F)(F)F. The first-order valence-electron chi connectivity index (χ1n) is 8.93. The third kappa shape index (κ3) is 3.97. The van der Waals surface area contributed by atoms with Crippen LogP contribution in [0.5, 0.6) is 0 Å². The summed E-state index contributed by atoms with van der Waals surface area (Å²) in [7, 11) is -3.92. The number of aromatic amines is 1. The normalized spacial score (nSPS) is 14.4. The van der Waals surface area contributed by atoms with E-state index >= 15 is 0 Å². The molecule has 8 nitrogen and oxygen atoms in total. The van der Waals surface area contributed by atoms with E-state index in [4.69, 9.17) is 9.05 Å². The summed E-state index contributed by atoms with van der Waals surface area (Å²) in [5.74, 6) is -1.81. The van der Waals surface area contributed by atoms with E-state index < -0.39 is 36.5 Å². The molecule has 1 unspecified atom stereocenters. The molecule has 0 fully saturated rings. The van der Waals surface area contributed by atoms with Gasteiger partial charge < -0.3 is 24.1 Å². The van der Waals surface area contributed by atoms with Gasteiger partial charge in [-0.2, -0.15) is 13.2 Å². The first-order chi connectivity index (χ1) is 14.0. The molecule has 1 aromatic carbocycles. The van der Waals surface area contributed by atoms with Crippen LogP contribution in [0.3, 0.4) is 0 Å². The lowest BCUT2D eigenvalue weighted by molar-refractivity contribution is -0.212. The molecule has 0 radical (unpaired) electrons. The summed E-state index contributed by atoms with van der Waals surface area (Å²) in [6.45, 7) is 3.55. The number of carbonyl (C=O) groups excluding carboxylic acids is 2. The Morgan fingerprint density at radius 1 is 1.13 bits per heavy atom.